The number of halogens is 7. The Morgan fingerprint density at radius 1 is 0.891 bits per heavy atom. The minimum absolute atomic E-state index is 0.0308. The van der Waals surface area contributed by atoms with Gasteiger partial charge in [-0.15, -0.1) is 0 Å². The Kier molecular flexibility index (Phi) is 9.16. The van der Waals surface area contributed by atoms with Crippen LogP contribution in [0.25, 0.3) is 5.57 Å². The number of carbonyl (C=O) groups is 2. The van der Waals surface area contributed by atoms with Gasteiger partial charge in [0.05, 0.1) is 22.2 Å². The van der Waals surface area contributed by atoms with E-state index in [1.54, 1.807) is 19.1 Å². The molecule has 1 aliphatic carbocycles. The quantitative estimate of drug-likeness (QED) is 0.329. The van der Waals surface area contributed by atoms with Crippen LogP contribution in [-0.2, 0) is 27.4 Å². The van der Waals surface area contributed by atoms with E-state index in [1.807, 2.05) is 26.8 Å². The molecule has 4 nitrogen and oxygen atoms in total. The Bertz CT molecular complexity index is 1630. The predicted molar refractivity (Wildman–Crippen MR) is 162 cm³/mol. The summed E-state index contributed by atoms with van der Waals surface area (Å²) >= 11 is 0. The number of hydrogen-bond donors (Lipinski definition) is 1. The zero-order valence-corrected chi connectivity index (χ0v) is 26.7. The summed E-state index contributed by atoms with van der Waals surface area (Å²) < 4.78 is 96.5. The number of aryl methyl sites for hydroxylation is 1. The SMILES string of the molecule is CC1=CC(N(C)C(=O)C(C)(C)c2cc(C(F)(F)F)cc(C(F)(F)F)c2)=C(c2ccc(F)cc2C)C=C(C2CC(=O)NC2(C)C)CC1. The highest BCUT2D eigenvalue weighted by Gasteiger charge is 2.43. The van der Waals surface area contributed by atoms with Crippen LogP contribution in [0.4, 0.5) is 30.7 Å². The molecule has 11 heteroatoms. The molecule has 0 saturated carbocycles. The first-order valence-electron chi connectivity index (χ1n) is 14.8. The lowest BCUT2D eigenvalue weighted by atomic mass is 9.78. The van der Waals surface area contributed by atoms with Crippen molar-refractivity contribution in [2.75, 3.05) is 7.05 Å². The maximum absolute atomic E-state index is 14.3. The van der Waals surface area contributed by atoms with Gasteiger partial charge in [0.25, 0.3) is 0 Å². The van der Waals surface area contributed by atoms with Crippen molar-refractivity contribution in [3.63, 3.8) is 0 Å². The zero-order valence-electron chi connectivity index (χ0n) is 26.7. The largest absolute Gasteiger partial charge is 0.416 e. The maximum Gasteiger partial charge on any atom is 0.416 e. The summed E-state index contributed by atoms with van der Waals surface area (Å²) in [4.78, 5) is 27.9. The van der Waals surface area contributed by atoms with Crippen LogP contribution in [-0.4, -0.2) is 29.3 Å². The van der Waals surface area contributed by atoms with Crippen molar-refractivity contribution >= 4 is 17.4 Å². The topological polar surface area (TPSA) is 49.4 Å². The Morgan fingerprint density at radius 3 is 1.96 bits per heavy atom. The second-order valence-electron chi connectivity index (χ2n) is 13.3. The van der Waals surface area contributed by atoms with Crippen LogP contribution in [0.1, 0.15) is 81.7 Å². The summed E-state index contributed by atoms with van der Waals surface area (Å²) in [6, 6.07) is 5.35. The molecule has 0 aromatic heterocycles. The van der Waals surface area contributed by atoms with Crippen molar-refractivity contribution < 1.29 is 40.3 Å². The summed E-state index contributed by atoms with van der Waals surface area (Å²) in [6.07, 6.45) is -5.12. The number of rotatable bonds is 5. The number of carbonyl (C=O) groups excluding carboxylic acids is 2. The van der Waals surface area contributed by atoms with E-state index in [9.17, 15) is 40.3 Å². The second kappa shape index (κ2) is 12.0. The van der Waals surface area contributed by atoms with E-state index in [2.05, 4.69) is 5.32 Å². The first kappa shape index (κ1) is 35.0. The molecule has 1 fully saturated rings. The van der Waals surface area contributed by atoms with Gasteiger partial charge < -0.3 is 10.2 Å². The molecule has 0 bridgehead atoms. The molecule has 2 amide bonds. The molecule has 1 unspecified atom stereocenters. The maximum atomic E-state index is 14.3. The van der Waals surface area contributed by atoms with E-state index in [0.717, 1.165) is 11.1 Å². The van der Waals surface area contributed by atoms with Gasteiger partial charge in [0.1, 0.15) is 5.82 Å². The van der Waals surface area contributed by atoms with Crippen molar-refractivity contribution in [2.24, 2.45) is 5.92 Å². The number of amides is 2. The molecule has 2 aromatic carbocycles. The molecule has 1 saturated heterocycles. The van der Waals surface area contributed by atoms with Crippen molar-refractivity contribution in [1.82, 2.24) is 10.2 Å². The molecule has 1 N–H and O–H groups in total. The second-order valence-corrected chi connectivity index (χ2v) is 13.3. The van der Waals surface area contributed by atoms with Gasteiger partial charge in [-0.05, 0) is 107 Å². The van der Waals surface area contributed by atoms with Crippen LogP contribution in [0.15, 0.2) is 65.4 Å². The number of hydrogen-bond acceptors (Lipinski definition) is 2. The molecule has 0 radical (unpaired) electrons. The summed E-state index contributed by atoms with van der Waals surface area (Å²) in [6.45, 7) is 9.95. The number of nitrogens with zero attached hydrogens (tertiary/aromatic N) is 1. The lowest BCUT2D eigenvalue weighted by Crippen LogP contribution is -2.41. The van der Waals surface area contributed by atoms with Gasteiger partial charge in [-0.3, -0.25) is 9.59 Å². The van der Waals surface area contributed by atoms with E-state index in [-0.39, 0.29) is 24.3 Å². The molecule has 0 spiro atoms. The fraction of sp³-hybridized carbons (Fsp3) is 0.429. The van der Waals surface area contributed by atoms with Crippen LogP contribution < -0.4 is 5.32 Å². The monoisotopic (exact) mass is 650 g/mol. The number of likely N-dealkylation sites (N-methyl/N-ethyl adjacent to an activating group) is 1. The molecule has 1 heterocycles. The average Bonchev–Trinajstić information content (AvgIpc) is 3.20. The Hall–Kier alpha value is -3.89. The third kappa shape index (κ3) is 7.08. The molecular formula is C35H37F7N2O2. The Morgan fingerprint density at radius 2 is 1.46 bits per heavy atom. The fourth-order valence-electron chi connectivity index (χ4n) is 6.25. The fourth-order valence-corrected chi connectivity index (χ4v) is 6.25. The van der Waals surface area contributed by atoms with Gasteiger partial charge in [-0.25, -0.2) is 4.39 Å². The van der Waals surface area contributed by atoms with Gasteiger partial charge in [0.15, 0.2) is 0 Å². The van der Waals surface area contributed by atoms with Crippen LogP contribution >= 0.6 is 0 Å². The Labute approximate surface area is 264 Å². The smallest absolute Gasteiger partial charge is 0.351 e. The number of nitrogens with one attached hydrogen (secondary N) is 1. The molecule has 4 rings (SSSR count). The van der Waals surface area contributed by atoms with E-state index in [0.29, 0.717) is 47.4 Å². The molecule has 1 aliphatic heterocycles. The normalized spacial score (nSPS) is 19.3. The van der Waals surface area contributed by atoms with Crippen LogP contribution in [0.5, 0.6) is 0 Å². The van der Waals surface area contributed by atoms with Gasteiger partial charge in [-0.1, -0.05) is 23.3 Å². The van der Waals surface area contributed by atoms with Gasteiger partial charge in [0.2, 0.25) is 11.8 Å². The van der Waals surface area contributed by atoms with Crippen LogP contribution in [0, 0.1) is 18.7 Å². The van der Waals surface area contributed by atoms with E-state index < -0.39 is 51.7 Å². The molecule has 2 aliphatic rings. The van der Waals surface area contributed by atoms with Crippen molar-refractivity contribution in [2.45, 2.75) is 84.1 Å². The van der Waals surface area contributed by atoms with E-state index >= 15 is 0 Å². The number of allylic oxidation sites excluding steroid dienone is 4. The van der Waals surface area contributed by atoms with Crippen molar-refractivity contribution in [3.05, 3.63) is 99.0 Å². The Balaban J connectivity index is 1.95. The van der Waals surface area contributed by atoms with Crippen molar-refractivity contribution in [1.29, 1.82) is 0 Å². The minimum Gasteiger partial charge on any atom is -0.351 e. The minimum atomic E-state index is -5.08. The molecule has 248 valence electrons. The summed E-state index contributed by atoms with van der Waals surface area (Å²) in [5, 5.41) is 3.00. The molecule has 46 heavy (non-hydrogen) atoms. The predicted octanol–water partition coefficient (Wildman–Crippen LogP) is 8.90. The third-order valence-corrected chi connectivity index (χ3v) is 8.96. The third-order valence-electron chi connectivity index (χ3n) is 8.96. The summed E-state index contributed by atoms with van der Waals surface area (Å²) in [5.41, 5.74) is -2.17. The zero-order chi connectivity index (χ0) is 34.6. The highest BCUT2D eigenvalue weighted by atomic mass is 19.4. The van der Waals surface area contributed by atoms with Crippen LogP contribution in [0.2, 0.25) is 0 Å². The highest BCUT2D eigenvalue weighted by Crippen LogP contribution is 2.42. The summed E-state index contributed by atoms with van der Waals surface area (Å²) in [7, 11) is 1.42. The van der Waals surface area contributed by atoms with Gasteiger partial charge >= 0.3 is 12.4 Å². The van der Waals surface area contributed by atoms with Crippen LogP contribution in [0.3, 0.4) is 0 Å². The standard InChI is InChI=1S/C35H37F7N2O2/c1-19-8-9-21(28-18-30(45)43-33(28,5)6)14-27(26-11-10-25(36)13-20(26)2)29(12-19)44(7)31(46)32(3,4)22-15-23(34(37,38)39)17-24(16-22)35(40,41)42/h10-17,28H,8-9,18H2,1-7H3,(H,43,45). The molecule has 1 atom stereocenters. The number of benzene rings is 2. The number of alkyl halides is 6. The first-order chi connectivity index (χ1) is 21.0. The molecular weight excluding hydrogens is 613 g/mol. The highest BCUT2D eigenvalue weighted by molar-refractivity contribution is 5.92. The van der Waals surface area contributed by atoms with E-state index in [4.69, 9.17) is 0 Å². The van der Waals surface area contributed by atoms with Gasteiger partial charge in [-0.2, -0.15) is 26.3 Å². The van der Waals surface area contributed by atoms with Crippen molar-refractivity contribution in [3.8, 4) is 0 Å². The molecule has 2 aromatic rings. The lowest BCUT2D eigenvalue weighted by Gasteiger charge is -2.34. The average molecular weight is 651 g/mol. The first-order valence-corrected chi connectivity index (χ1v) is 14.8. The van der Waals surface area contributed by atoms with Gasteiger partial charge in [0, 0.05) is 30.5 Å². The lowest BCUT2D eigenvalue weighted by molar-refractivity contribution is -0.143. The summed E-state index contributed by atoms with van der Waals surface area (Å²) in [5.74, 6) is -1.55. The van der Waals surface area contributed by atoms with E-state index in [1.165, 1.54) is 37.9 Å².